The van der Waals surface area contributed by atoms with Crippen LogP contribution in [0.2, 0.25) is 0 Å². The van der Waals surface area contributed by atoms with E-state index in [9.17, 15) is 0 Å². The van der Waals surface area contributed by atoms with Gasteiger partial charge in [0.25, 0.3) is 0 Å². The fourth-order valence-electron chi connectivity index (χ4n) is 2.08. The summed E-state index contributed by atoms with van der Waals surface area (Å²) in [6.07, 6.45) is 1.79. The summed E-state index contributed by atoms with van der Waals surface area (Å²) in [4.78, 5) is 2.32. The van der Waals surface area contributed by atoms with Gasteiger partial charge < -0.3 is 10.6 Å². The molecule has 2 unspecified atom stereocenters. The summed E-state index contributed by atoms with van der Waals surface area (Å²) in [7, 11) is 0. The van der Waals surface area contributed by atoms with Crippen LogP contribution >= 0.6 is 0 Å². The van der Waals surface area contributed by atoms with Crippen molar-refractivity contribution in [1.29, 1.82) is 0 Å². The zero-order valence-electron chi connectivity index (χ0n) is 8.83. The predicted octanol–water partition coefficient (Wildman–Crippen LogP) is 0.831. The smallest absolute Gasteiger partial charge is 0.123 e. The number of anilines is 1. The summed E-state index contributed by atoms with van der Waals surface area (Å²) in [6.45, 7) is 7.36. The Morgan fingerprint density at radius 3 is 3.07 bits per heavy atom. The molecule has 0 radical (unpaired) electrons. The average molecular weight is 194 g/mol. The number of hydrogen-bond acceptors (Lipinski definition) is 3. The number of nitrogens with two attached hydrogens (primary N) is 1. The number of nitrogens with zero attached hydrogens (tertiary/aromatic N) is 2. The summed E-state index contributed by atoms with van der Waals surface area (Å²) in [5, 5.41) is 6.96. The Morgan fingerprint density at radius 1 is 1.79 bits per heavy atom. The fraction of sp³-hybridized carbons (Fsp3) is 0.700. The molecule has 2 heterocycles. The van der Waals surface area contributed by atoms with Crippen LogP contribution in [0, 0.1) is 11.3 Å². The molecule has 1 aromatic heterocycles. The van der Waals surface area contributed by atoms with Gasteiger partial charge in [0.2, 0.25) is 0 Å². The molecule has 0 bridgehead atoms. The highest BCUT2D eigenvalue weighted by atomic mass is 15.3. The molecule has 1 aliphatic rings. The summed E-state index contributed by atoms with van der Waals surface area (Å²) in [5.74, 6) is 1.74. The molecule has 3 N–H and O–H groups in total. The molecular formula is C10H18N4. The lowest BCUT2D eigenvalue weighted by Gasteiger charge is -2.25. The number of hydrogen-bond donors (Lipinski definition) is 2. The maximum Gasteiger partial charge on any atom is 0.123 e. The van der Waals surface area contributed by atoms with Crippen molar-refractivity contribution in [2.24, 2.45) is 17.1 Å². The first-order valence-electron chi connectivity index (χ1n) is 5.10. The molecule has 0 amide bonds. The van der Waals surface area contributed by atoms with Gasteiger partial charge in [-0.2, -0.15) is 5.10 Å². The summed E-state index contributed by atoms with van der Waals surface area (Å²) >= 11 is 0. The second kappa shape index (κ2) is 3.28. The molecule has 1 fully saturated rings. The third-order valence-corrected chi connectivity index (χ3v) is 3.53. The number of aromatic amines is 1. The molecular weight excluding hydrogens is 176 g/mol. The van der Waals surface area contributed by atoms with Crippen LogP contribution in [-0.4, -0.2) is 29.8 Å². The Morgan fingerprint density at radius 2 is 2.57 bits per heavy atom. The van der Waals surface area contributed by atoms with Crippen LogP contribution in [-0.2, 0) is 0 Å². The molecule has 0 saturated carbocycles. The van der Waals surface area contributed by atoms with Gasteiger partial charge >= 0.3 is 0 Å². The summed E-state index contributed by atoms with van der Waals surface area (Å²) in [6, 6.07) is 2.01. The second-order valence-electron chi connectivity index (χ2n) is 4.58. The monoisotopic (exact) mass is 194 g/mol. The summed E-state index contributed by atoms with van der Waals surface area (Å²) < 4.78 is 0. The van der Waals surface area contributed by atoms with Crippen molar-refractivity contribution in [2.75, 3.05) is 24.5 Å². The average Bonchev–Trinajstić information content (AvgIpc) is 2.76. The molecule has 0 aromatic carbocycles. The normalized spacial score (nSPS) is 32.5. The van der Waals surface area contributed by atoms with Crippen molar-refractivity contribution in [3.05, 3.63) is 12.3 Å². The predicted molar refractivity (Wildman–Crippen MR) is 57.1 cm³/mol. The van der Waals surface area contributed by atoms with E-state index in [1.54, 1.807) is 6.20 Å². The van der Waals surface area contributed by atoms with Gasteiger partial charge in [0.15, 0.2) is 0 Å². The highest BCUT2D eigenvalue weighted by molar-refractivity contribution is 5.39. The quantitative estimate of drug-likeness (QED) is 0.733. The fourth-order valence-corrected chi connectivity index (χ4v) is 2.08. The van der Waals surface area contributed by atoms with Crippen LogP contribution in [0.15, 0.2) is 12.3 Å². The van der Waals surface area contributed by atoms with E-state index < -0.39 is 0 Å². The Bertz CT molecular complexity index is 295. The molecule has 1 aromatic rings. The van der Waals surface area contributed by atoms with Gasteiger partial charge in [0.1, 0.15) is 5.82 Å². The highest BCUT2D eigenvalue weighted by Crippen LogP contribution is 2.35. The number of nitrogens with one attached hydrogen (secondary N) is 1. The van der Waals surface area contributed by atoms with E-state index in [-0.39, 0.29) is 5.41 Å². The first-order chi connectivity index (χ1) is 6.65. The number of H-pyrrole nitrogens is 1. The van der Waals surface area contributed by atoms with Crippen molar-refractivity contribution >= 4 is 5.82 Å². The maximum atomic E-state index is 5.82. The van der Waals surface area contributed by atoms with E-state index in [1.807, 2.05) is 6.07 Å². The molecule has 1 saturated heterocycles. The van der Waals surface area contributed by atoms with Crippen LogP contribution in [0.4, 0.5) is 5.82 Å². The number of rotatable bonds is 2. The van der Waals surface area contributed by atoms with Crippen molar-refractivity contribution in [1.82, 2.24) is 10.2 Å². The summed E-state index contributed by atoms with van der Waals surface area (Å²) in [5.41, 5.74) is 6.06. The lowest BCUT2D eigenvalue weighted by molar-refractivity contribution is 0.287. The Labute approximate surface area is 84.5 Å². The Hall–Kier alpha value is -1.03. The van der Waals surface area contributed by atoms with E-state index in [0.717, 1.165) is 25.5 Å². The van der Waals surface area contributed by atoms with Gasteiger partial charge in [0, 0.05) is 24.6 Å². The molecule has 14 heavy (non-hydrogen) atoms. The minimum absolute atomic E-state index is 0.241. The molecule has 2 rings (SSSR count). The standard InChI is InChI=1S/C10H18N4/c1-8-5-14(7-10(8,2)6-11)9-3-4-12-13-9/h3-4,8H,5-7,11H2,1-2H3,(H,12,13). The SMILES string of the molecule is CC1CN(c2ccn[nH]2)CC1(C)CN. The molecule has 4 heteroatoms. The highest BCUT2D eigenvalue weighted by Gasteiger charge is 2.39. The molecule has 0 aliphatic carbocycles. The second-order valence-corrected chi connectivity index (χ2v) is 4.58. The van der Waals surface area contributed by atoms with Gasteiger partial charge in [-0.25, -0.2) is 0 Å². The number of aromatic nitrogens is 2. The minimum Gasteiger partial charge on any atom is -0.356 e. The van der Waals surface area contributed by atoms with Gasteiger partial charge in [-0.15, -0.1) is 0 Å². The zero-order chi connectivity index (χ0) is 10.2. The molecule has 1 aliphatic heterocycles. The van der Waals surface area contributed by atoms with Gasteiger partial charge in [-0.3, -0.25) is 5.10 Å². The van der Waals surface area contributed by atoms with Gasteiger partial charge in [0.05, 0.1) is 6.20 Å². The van der Waals surface area contributed by atoms with Gasteiger partial charge in [-0.1, -0.05) is 13.8 Å². The van der Waals surface area contributed by atoms with Crippen LogP contribution in [0.1, 0.15) is 13.8 Å². The van der Waals surface area contributed by atoms with Crippen molar-refractivity contribution < 1.29 is 0 Å². The van der Waals surface area contributed by atoms with E-state index in [2.05, 4.69) is 28.9 Å². The molecule has 4 nitrogen and oxygen atoms in total. The van der Waals surface area contributed by atoms with Crippen molar-refractivity contribution in [2.45, 2.75) is 13.8 Å². The molecule has 78 valence electrons. The first-order valence-corrected chi connectivity index (χ1v) is 5.10. The Balaban J connectivity index is 2.14. The molecule has 0 spiro atoms. The zero-order valence-corrected chi connectivity index (χ0v) is 8.83. The third kappa shape index (κ3) is 1.39. The minimum atomic E-state index is 0.241. The van der Waals surface area contributed by atoms with Crippen molar-refractivity contribution in [3.63, 3.8) is 0 Å². The van der Waals surface area contributed by atoms with Crippen LogP contribution in [0.3, 0.4) is 0 Å². The Kier molecular flexibility index (Phi) is 2.23. The van der Waals surface area contributed by atoms with Crippen molar-refractivity contribution in [3.8, 4) is 0 Å². The topological polar surface area (TPSA) is 57.9 Å². The first kappa shape index (κ1) is 9.52. The van der Waals surface area contributed by atoms with Crippen LogP contribution in [0.25, 0.3) is 0 Å². The third-order valence-electron chi connectivity index (χ3n) is 3.53. The van der Waals surface area contributed by atoms with E-state index in [4.69, 9.17) is 5.73 Å². The largest absolute Gasteiger partial charge is 0.356 e. The van der Waals surface area contributed by atoms with E-state index in [0.29, 0.717) is 5.92 Å². The lowest BCUT2D eigenvalue weighted by atomic mass is 9.81. The van der Waals surface area contributed by atoms with E-state index in [1.165, 1.54) is 0 Å². The van der Waals surface area contributed by atoms with E-state index >= 15 is 0 Å². The van der Waals surface area contributed by atoms with Crippen LogP contribution < -0.4 is 10.6 Å². The van der Waals surface area contributed by atoms with Crippen LogP contribution in [0.5, 0.6) is 0 Å². The maximum absolute atomic E-state index is 5.82. The van der Waals surface area contributed by atoms with Gasteiger partial charge in [-0.05, 0) is 12.5 Å². The molecule has 2 atom stereocenters. The lowest BCUT2D eigenvalue weighted by Crippen LogP contribution is -2.34.